The summed E-state index contributed by atoms with van der Waals surface area (Å²) in [7, 11) is 3.54. The summed E-state index contributed by atoms with van der Waals surface area (Å²) in [5.41, 5.74) is 2.61. The molecule has 1 aliphatic carbocycles. The third kappa shape index (κ3) is 3.49. The molecule has 0 unspecified atom stereocenters. The van der Waals surface area contributed by atoms with Gasteiger partial charge < -0.3 is 15.0 Å². The molecule has 3 atom stereocenters. The van der Waals surface area contributed by atoms with Gasteiger partial charge in [-0.2, -0.15) is 0 Å². The van der Waals surface area contributed by atoms with Gasteiger partial charge in [-0.05, 0) is 48.4 Å². The van der Waals surface area contributed by atoms with Crippen LogP contribution in [-0.4, -0.2) is 43.5 Å². The second-order valence-corrected chi connectivity index (χ2v) is 7.85. The van der Waals surface area contributed by atoms with Gasteiger partial charge in [-0.25, -0.2) is 0 Å². The minimum atomic E-state index is 0.0275. The summed E-state index contributed by atoms with van der Waals surface area (Å²) in [6.45, 7) is 0.741. The number of amides is 2. The van der Waals surface area contributed by atoms with Gasteiger partial charge in [0, 0.05) is 37.2 Å². The van der Waals surface area contributed by atoms with Crippen LogP contribution in [0.3, 0.4) is 0 Å². The molecular weight excluding hydrogens is 352 g/mol. The molecule has 1 saturated carbocycles. The van der Waals surface area contributed by atoms with Gasteiger partial charge in [0.15, 0.2) is 0 Å². The molecule has 146 valence electrons. The molecule has 1 aliphatic heterocycles. The number of nitrogens with zero attached hydrogens (tertiary/aromatic N) is 1. The van der Waals surface area contributed by atoms with Crippen LogP contribution in [0.2, 0.25) is 0 Å². The first-order valence-corrected chi connectivity index (χ1v) is 9.84. The van der Waals surface area contributed by atoms with Crippen LogP contribution in [0.1, 0.15) is 29.6 Å². The molecular formula is C23H26N2O3. The summed E-state index contributed by atoms with van der Waals surface area (Å²) in [6, 6.07) is 15.7. The Morgan fingerprint density at radius 1 is 1.11 bits per heavy atom. The molecule has 2 fully saturated rings. The van der Waals surface area contributed by atoms with E-state index in [1.165, 1.54) is 0 Å². The molecule has 0 spiro atoms. The molecule has 1 heterocycles. The van der Waals surface area contributed by atoms with Crippen LogP contribution in [0.5, 0.6) is 5.75 Å². The summed E-state index contributed by atoms with van der Waals surface area (Å²) in [5, 5.41) is 2.96. The van der Waals surface area contributed by atoms with E-state index in [-0.39, 0.29) is 17.9 Å². The van der Waals surface area contributed by atoms with E-state index in [2.05, 4.69) is 5.32 Å². The predicted octanol–water partition coefficient (Wildman–Crippen LogP) is 3.35. The van der Waals surface area contributed by atoms with Gasteiger partial charge in [0.05, 0.1) is 7.11 Å². The highest BCUT2D eigenvalue weighted by Gasteiger charge is 2.40. The van der Waals surface area contributed by atoms with E-state index >= 15 is 0 Å². The monoisotopic (exact) mass is 378 g/mol. The summed E-state index contributed by atoms with van der Waals surface area (Å²) in [5.74, 6) is 1.84. The molecule has 2 amide bonds. The standard InChI is InChI=1S/C23H26N2O3/c1-25(19-11-17-13-22(26)24-14-18(17)12-19)23(27)16-7-5-6-15(10-16)20-8-3-4-9-21(20)28-2/h3-10,17-19H,11-14H2,1-2H3,(H,24,26)/t17-,18+,19-/m1/s1. The fourth-order valence-electron chi connectivity index (χ4n) is 4.62. The fraction of sp³-hybridized carbons (Fsp3) is 0.391. The van der Waals surface area contributed by atoms with Crippen molar-refractivity contribution in [2.24, 2.45) is 11.8 Å². The number of carbonyl (C=O) groups is 2. The van der Waals surface area contributed by atoms with E-state index in [9.17, 15) is 9.59 Å². The number of para-hydroxylation sites is 1. The Labute approximate surface area is 165 Å². The van der Waals surface area contributed by atoms with Crippen molar-refractivity contribution < 1.29 is 14.3 Å². The van der Waals surface area contributed by atoms with E-state index in [1.54, 1.807) is 7.11 Å². The van der Waals surface area contributed by atoms with Gasteiger partial charge in [-0.1, -0.05) is 30.3 Å². The zero-order chi connectivity index (χ0) is 19.7. The van der Waals surface area contributed by atoms with Gasteiger partial charge in [0.2, 0.25) is 5.91 Å². The minimum Gasteiger partial charge on any atom is -0.496 e. The zero-order valence-electron chi connectivity index (χ0n) is 16.4. The van der Waals surface area contributed by atoms with Gasteiger partial charge >= 0.3 is 0 Å². The van der Waals surface area contributed by atoms with E-state index in [4.69, 9.17) is 4.74 Å². The quantitative estimate of drug-likeness (QED) is 0.888. The number of fused-ring (bicyclic) bond motifs is 1. The lowest BCUT2D eigenvalue weighted by atomic mass is 9.89. The highest BCUT2D eigenvalue weighted by atomic mass is 16.5. The maximum absolute atomic E-state index is 13.2. The largest absolute Gasteiger partial charge is 0.496 e. The smallest absolute Gasteiger partial charge is 0.253 e. The van der Waals surface area contributed by atoms with Crippen LogP contribution in [0.25, 0.3) is 11.1 Å². The van der Waals surface area contributed by atoms with Crippen LogP contribution in [-0.2, 0) is 4.79 Å². The van der Waals surface area contributed by atoms with E-state index in [0.29, 0.717) is 23.8 Å². The molecule has 0 aromatic heterocycles. The van der Waals surface area contributed by atoms with E-state index < -0.39 is 0 Å². The third-order valence-corrected chi connectivity index (χ3v) is 6.22. The first-order chi connectivity index (χ1) is 13.6. The molecule has 4 rings (SSSR count). The van der Waals surface area contributed by atoms with Gasteiger partial charge in [0.1, 0.15) is 5.75 Å². The fourth-order valence-corrected chi connectivity index (χ4v) is 4.62. The third-order valence-electron chi connectivity index (χ3n) is 6.22. The number of piperidine rings is 1. The van der Waals surface area contributed by atoms with E-state index in [0.717, 1.165) is 36.3 Å². The summed E-state index contributed by atoms with van der Waals surface area (Å²) < 4.78 is 5.46. The van der Waals surface area contributed by atoms with Crippen molar-refractivity contribution in [3.8, 4) is 16.9 Å². The lowest BCUT2D eigenvalue weighted by Crippen LogP contribution is -2.38. The van der Waals surface area contributed by atoms with Crippen molar-refractivity contribution >= 4 is 11.8 Å². The molecule has 2 aromatic rings. The molecule has 5 nitrogen and oxygen atoms in total. The van der Waals surface area contributed by atoms with Crippen LogP contribution >= 0.6 is 0 Å². The van der Waals surface area contributed by atoms with Gasteiger partial charge in [0.25, 0.3) is 5.91 Å². The Morgan fingerprint density at radius 3 is 2.71 bits per heavy atom. The SMILES string of the molecule is COc1ccccc1-c1cccc(C(=O)N(C)[C@H]2C[C@H]3CNC(=O)C[C@H]3C2)c1. The highest BCUT2D eigenvalue weighted by Crippen LogP contribution is 2.38. The predicted molar refractivity (Wildman–Crippen MR) is 108 cm³/mol. The van der Waals surface area contributed by atoms with Gasteiger partial charge in [-0.15, -0.1) is 0 Å². The summed E-state index contributed by atoms with van der Waals surface area (Å²) in [6.07, 6.45) is 2.46. The molecule has 0 radical (unpaired) electrons. The van der Waals surface area contributed by atoms with Crippen molar-refractivity contribution in [3.05, 3.63) is 54.1 Å². The molecule has 2 aromatic carbocycles. The van der Waals surface area contributed by atoms with Crippen LogP contribution in [0, 0.1) is 11.8 Å². The Balaban J connectivity index is 1.53. The Hall–Kier alpha value is -2.82. The lowest BCUT2D eigenvalue weighted by molar-refractivity contribution is -0.124. The zero-order valence-corrected chi connectivity index (χ0v) is 16.4. The van der Waals surface area contributed by atoms with Crippen LogP contribution in [0.15, 0.2) is 48.5 Å². The Morgan fingerprint density at radius 2 is 1.89 bits per heavy atom. The van der Waals surface area contributed by atoms with Crippen molar-refractivity contribution in [2.45, 2.75) is 25.3 Å². The van der Waals surface area contributed by atoms with Crippen molar-refractivity contribution in [1.82, 2.24) is 10.2 Å². The number of nitrogens with one attached hydrogen (secondary N) is 1. The lowest BCUT2D eigenvalue weighted by Gasteiger charge is -2.25. The highest BCUT2D eigenvalue weighted by molar-refractivity contribution is 5.95. The molecule has 0 bridgehead atoms. The second-order valence-electron chi connectivity index (χ2n) is 7.85. The van der Waals surface area contributed by atoms with Crippen LogP contribution in [0.4, 0.5) is 0 Å². The minimum absolute atomic E-state index is 0.0275. The van der Waals surface area contributed by atoms with E-state index in [1.807, 2.05) is 60.5 Å². The normalized spacial score (nSPS) is 23.6. The van der Waals surface area contributed by atoms with Crippen LogP contribution < -0.4 is 10.1 Å². The Kier molecular flexibility index (Phi) is 5.07. The first kappa shape index (κ1) is 18.5. The second kappa shape index (κ2) is 7.66. The number of hydrogen-bond donors (Lipinski definition) is 1. The summed E-state index contributed by atoms with van der Waals surface area (Å²) in [4.78, 5) is 26.7. The molecule has 1 saturated heterocycles. The summed E-state index contributed by atoms with van der Waals surface area (Å²) >= 11 is 0. The Bertz CT molecular complexity index is 895. The number of methoxy groups -OCH3 is 1. The maximum atomic E-state index is 13.2. The van der Waals surface area contributed by atoms with Crippen molar-refractivity contribution in [3.63, 3.8) is 0 Å². The average Bonchev–Trinajstić information content (AvgIpc) is 3.15. The van der Waals surface area contributed by atoms with Gasteiger partial charge in [-0.3, -0.25) is 9.59 Å². The number of carbonyl (C=O) groups excluding carboxylic acids is 2. The molecule has 2 aliphatic rings. The molecule has 28 heavy (non-hydrogen) atoms. The topological polar surface area (TPSA) is 58.6 Å². The molecule has 1 N–H and O–H groups in total. The first-order valence-electron chi connectivity index (χ1n) is 9.84. The number of ether oxygens (including phenoxy) is 1. The molecule has 5 heteroatoms. The number of rotatable bonds is 4. The van der Waals surface area contributed by atoms with Crippen molar-refractivity contribution in [1.29, 1.82) is 0 Å². The average molecular weight is 378 g/mol. The number of hydrogen-bond acceptors (Lipinski definition) is 3. The van der Waals surface area contributed by atoms with Crippen molar-refractivity contribution in [2.75, 3.05) is 20.7 Å². The maximum Gasteiger partial charge on any atom is 0.253 e. The number of benzene rings is 2.